The highest BCUT2D eigenvalue weighted by Crippen LogP contribution is 2.39. The van der Waals surface area contributed by atoms with Gasteiger partial charge in [0.25, 0.3) is 5.91 Å². The molecule has 1 N–H and O–H groups in total. The van der Waals surface area contributed by atoms with E-state index in [-0.39, 0.29) is 27.2 Å². The Labute approximate surface area is 170 Å². The van der Waals surface area contributed by atoms with Gasteiger partial charge in [-0.25, -0.2) is 4.79 Å². The summed E-state index contributed by atoms with van der Waals surface area (Å²) in [7, 11) is 0. The van der Waals surface area contributed by atoms with Crippen molar-refractivity contribution in [2.75, 3.05) is 11.9 Å². The fourth-order valence-corrected chi connectivity index (χ4v) is 4.95. The van der Waals surface area contributed by atoms with Crippen LogP contribution >= 0.6 is 46.1 Å². The predicted octanol–water partition coefficient (Wildman–Crippen LogP) is 6.02. The highest BCUT2D eigenvalue weighted by atomic mass is 35.5. The number of esters is 1. The molecule has 0 aliphatic heterocycles. The molecule has 1 heterocycles. The summed E-state index contributed by atoms with van der Waals surface area (Å²) in [5.41, 5.74) is 1.49. The first-order valence-electron chi connectivity index (χ1n) is 8.20. The minimum Gasteiger partial charge on any atom is -0.462 e. The van der Waals surface area contributed by atoms with Crippen LogP contribution in [0.4, 0.5) is 5.00 Å². The Morgan fingerprint density at radius 3 is 2.54 bits per heavy atom. The quantitative estimate of drug-likeness (QED) is 0.475. The smallest absolute Gasteiger partial charge is 0.341 e. The van der Waals surface area contributed by atoms with E-state index >= 15 is 0 Å². The van der Waals surface area contributed by atoms with Crippen LogP contribution in [0.15, 0.2) is 12.1 Å². The second-order valence-electron chi connectivity index (χ2n) is 5.81. The van der Waals surface area contributed by atoms with Crippen LogP contribution in [0.25, 0.3) is 0 Å². The van der Waals surface area contributed by atoms with Gasteiger partial charge in [-0.05, 0) is 50.3 Å². The summed E-state index contributed by atoms with van der Waals surface area (Å²) in [6, 6.07) is 3.04. The van der Waals surface area contributed by atoms with Crippen LogP contribution in [0.2, 0.25) is 15.1 Å². The number of carbonyl (C=O) groups is 2. The third-order valence-corrected chi connectivity index (χ3v) is 6.48. The zero-order valence-electron chi connectivity index (χ0n) is 14.0. The first-order chi connectivity index (χ1) is 12.4. The maximum Gasteiger partial charge on any atom is 0.341 e. The number of nitrogens with one attached hydrogen (secondary N) is 1. The molecule has 0 atom stereocenters. The summed E-state index contributed by atoms with van der Waals surface area (Å²) < 4.78 is 5.19. The number of anilines is 1. The second kappa shape index (κ2) is 8.17. The van der Waals surface area contributed by atoms with E-state index in [0.717, 1.165) is 36.1 Å². The average molecular weight is 433 g/mol. The van der Waals surface area contributed by atoms with Gasteiger partial charge in [0.15, 0.2) is 0 Å². The number of hydrogen-bond acceptors (Lipinski definition) is 4. The SMILES string of the molecule is CCOC(=O)c1c(NC(=O)c2c(Cl)ccc(Cl)c2Cl)sc2c1CCCC2. The number of ether oxygens (including phenoxy) is 1. The topological polar surface area (TPSA) is 55.4 Å². The number of hydrogen-bond donors (Lipinski definition) is 1. The molecule has 4 nitrogen and oxygen atoms in total. The van der Waals surface area contributed by atoms with Crippen molar-refractivity contribution in [1.82, 2.24) is 0 Å². The van der Waals surface area contributed by atoms with E-state index in [1.165, 1.54) is 23.5 Å². The standard InChI is InChI=1S/C18H16Cl3NO3S/c1-2-25-18(24)13-9-5-3-4-6-12(9)26-17(13)22-16(23)14-10(19)7-8-11(20)15(14)21/h7-8H,2-6H2,1H3,(H,22,23). The van der Waals surface area contributed by atoms with Crippen molar-refractivity contribution >= 4 is 63.0 Å². The summed E-state index contributed by atoms with van der Waals surface area (Å²) in [5.74, 6) is -0.933. The van der Waals surface area contributed by atoms with Gasteiger partial charge in [-0.3, -0.25) is 4.79 Å². The predicted molar refractivity (Wildman–Crippen MR) is 106 cm³/mol. The van der Waals surface area contributed by atoms with Gasteiger partial charge in [-0.1, -0.05) is 34.8 Å². The van der Waals surface area contributed by atoms with Crippen LogP contribution in [0.1, 0.15) is 50.9 Å². The molecule has 0 unspecified atom stereocenters. The first-order valence-corrected chi connectivity index (χ1v) is 10.2. The molecule has 138 valence electrons. The Kier molecular flexibility index (Phi) is 6.13. The molecule has 2 aromatic rings. The van der Waals surface area contributed by atoms with Crippen LogP contribution in [0.5, 0.6) is 0 Å². The molecule has 1 aromatic carbocycles. The molecule has 3 rings (SSSR count). The van der Waals surface area contributed by atoms with E-state index in [1.807, 2.05) is 0 Å². The minimum atomic E-state index is -0.508. The van der Waals surface area contributed by atoms with Crippen LogP contribution in [0, 0.1) is 0 Å². The molecule has 1 aromatic heterocycles. The molecular weight excluding hydrogens is 417 g/mol. The van der Waals surface area contributed by atoms with Crippen molar-refractivity contribution < 1.29 is 14.3 Å². The van der Waals surface area contributed by atoms with Crippen molar-refractivity contribution in [3.63, 3.8) is 0 Å². The average Bonchev–Trinajstić information content (AvgIpc) is 2.96. The molecule has 0 saturated heterocycles. The summed E-state index contributed by atoms with van der Waals surface area (Å²) in [4.78, 5) is 26.3. The number of aryl methyl sites for hydroxylation is 1. The van der Waals surface area contributed by atoms with Gasteiger partial charge in [0, 0.05) is 4.88 Å². The lowest BCUT2D eigenvalue weighted by atomic mass is 9.95. The van der Waals surface area contributed by atoms with Crippen LogP contribution in [-0.4, -0.2) is 18.5 Å². The lowest BCUT2D eigenvalue weighted by Crippen LogP contribution is -2.16. The van der Waals surface area contributed by atoms with Crippen LogP contribution < -0.4 is 5.32 Å². The molecule has 0 fully saturated rings. The summed E-state index contributed by atoms with van der Waals surface area (Å²) in [6.07, 6.45) is 3.76. The summed E-state index contributed by atoms with van der Waals surface area (Å²) in [5, 5.41) is 3.75. The number of thiophene rings is 1. The monoisotopic (exact) mass is 431 g/mol. The zero-order valence-corrected chi connectivity index (χ0v) is 17.0. The largest absolute Gasteiger partial charge is 0.462 e. The lowest BCUT2D eigenvalue weighted by Gasteiger charge is -2.12. The Bertz CT molecular complexity index is 879. The Morgan fingerprint density at radius 1 is 1.12 bits per heavy atom. The molecule has 8 heteroatoms. The molecule has 0 radical (unpaired) electrons. The van der Waals surface area contributed by atoms with E-state index in [0.29, 0.717) is 10.6 Å². The van der Waals surface area contributed by atoms with Gasteiger partial charge in [0.1, 0.15) is 5.00 Å². The van der Waals surface area contributed by atoms with Crippen molar-refractivity contribution in [2.45, 2.75) is 32.6 Å². The molecule has 1 amide bonds. The third-order valence-electron chi connectivity index (χ3n) is 4.15. The minimum absolute atomic E-state index is 0.0793. The highest BCUT2D eigenvalue weighted by Gasteiger charge is 2.28. The number of rotatable bonds is 4. The van der Waals surface area contributed by atoms with Crippen molar-refractivity contribution in [3.05, 3.63) is 48.8 Å². The molecule has 0 bridgehead atoms. The van der Waals surface area contributed by atoms with E-state index in [9.17, 15) is 9.59 Å². The molecule has 0 spiro atoms. The molecule has 0 saturated carbocycles. The fraction of sp³-hybridized carbons (Fsp3) is 0.333. The normalized spacial score (nSPS) is 13.2. The van der Waals surface area contributed by atoms with Crippen molar-refractivity contribution in [1.29, 1.82) is 0 Å². The third kappa shape index (κ3) is 3.72. The molecule has 26 heavy (non-hydrogen) atoms. The highest BCUT2D eigenvalue weighted by molar-refractivity contribution is 7.17. The number of halogens is 3. The first kappa shape index (κ1) is 19.5. The maximum atomic E-state index is 12.8. The number of fused-ring (bicyclic) bond motifs is 1. The van der Waals surface area contributed by atoms with Gasteiger partial charge < -0.3 is 10.1 Å². The zero-order chi connectivity index (χ0) is 18.8. The van der Waals surface area contributed by atoms with Gasteiger partial charge >= 0.3 is 5.97 Å². The Balaban J connectivity index is 2.00. The number of amides is 1. The second-order valence-corrected chi connectivity index (χ2v) is 8.11. The fourth-order valence-electron chi connectivity index (χ4n) is 2.97. The van der Waals surface area contributed by atoms with Gasteiger partial charge in [-0.15, -0.1) is 11.3 Å². The maximum absolute atomic E-state index is 12.8. The van der Waals surface area contributed by atoms with Crippen LogP contribution in [0.3, 0.4) is 0 Å². The Morgan fingerprint density at radius 2 is 1.81 bits per heavy atom. The summed E-state index contributed by atoms with van der Waals surface area (Å²) >= 11 is 19.7. The lowest BCUT2D eigenvalue weighted by molar-refractivity contribution is 0.0526. The van der Waals surface area contributed by atoms with Crippen LogP contribution in [-0.2, 0) is 17.6 Å². The van der Waals surface area contributed by atoms with Gasteiger partial charge in [0.05, 0.1) is 32.8 Å². The van der Waals surface area contributed by atoms with Crippen molar-refractivity contribution in [2.24, 2.45) is 0 Å². The number of benzene rings is 1. The molecular formula is C18H16Cl3NO3S. The molecule has 1 aliphatic carbocycles. The summed E-state index contributed by atoms with van der Waals surface area (Å²) in [6.45, 7) is 2.02. The number of carbonyl (C=O) groups excluding carboxylic acids is 2. The van der Waals surface area contributed by atoms with E-state index < -0.39 is 11.9 Å². The van der Waals surface area contributed by atoms with E-state index in [2.05, 4.69) is 5.32 Å². The Hall–Kier alpha value is -1.27. The van der Waals surface area contributed by atoms with Gasteiger partial charge in [-0.2, -0.15) is 0 Å². The molecule has 1 aliphatic rings. The van der Waals surface area contributed by atoms with E-state index in [4.69, 9.17) is 39.5 Å². The van der Waals surface area contributed by atoms with Crippen molar-refractivity contribution in [3.8, 4) is 0 Å². The van der Waals surface area contributed by atoms with Gasteiger partial charge in [0.2, 0.25) is 0 Å². The van der Waals surface area contributed by atoms with E-state index in [1.54, 1.807) is 6.92 Å².